The van der Waals surface area contributed by atoms with Crippen molar-refractivity contribution < 1.29 is 24.0 Å². The minimum absolute atomic E-state index is 0.0276. The molecule has 2 heterocycles. The third-order valence-corrected chi connectivity index (χ3v) is 5.22. The zero-order valence-electron chi connectivity index (χ0n) is 13.5. The molecule has 7 nitrogen and oxygen atoms in total. The standard InChI is InChI=1S/C14H21N2O5PS/c1-7(2)20-13(18)16-6-14(19,5-10(16)11(17)21-22)12-15-8(3)9(4)23-12/h7,10,19H,5-6,22H2,1-4H3/t10?,14-/m0/s1. The third kappa shape index (κ3) is 3.65. The molecule has 1 aliphatic heterocycles. The van der Waals surface area contributed by atoms with Crippen molar-refractivity contribution in [3.05, 3.63) is 15.6 Å². The Morgan fingerprint density at radius 3 is 2.61 bits per heavy atom. The zero-order chi connectivity index (χ0) is 17.4. The van der Waals surface area contributed by atoms with E-state index in [1.165, 1.54) is 16.2 Å². The fourth-order valence-corrected chi connectivity index (χ4v) is 3.62. The number of nitrogens with zero attached hydrogens (tertiary/aromatic N) is 2. The second kappa shape index (κ2) is 6.71. The lowest BCUT2D eigenvalue weighted by molar-refractivity contribution is -0.138. The first kappa shape index (κ1) is 18.1. The number of hydrogen-bond acceptors (Lipinski definition) is 7. The van der Waals surface area contributed by atoms with Crippen molar-refractivity contribution >= 4 is 32.9 Å². The molecule has 9 heteroatoms. The largest absolute Gasteiger partial charge is 0.450 e. The predicted octanol–water partition coefficient (Wildman–Crippen LogP) is 1.90. The number of aryl methyl sites for hydroxylation is 2. The molecular weight excluding hydrogens is 339 g/mol. The summed E-state index contributed by atoms with van der Waals surface area (Å²) in [6, 6.07) is -0.909. The van der Waals surface area contributed by atoms with Gasteiger partial charge in [-0.15, -0.1) is 11.3 Å². The molecule has 0 aromatic carbocycles. The SMILES string of the molecule is Cc1nc([C@]2(O)CC(C(=O)OP)N(C(=O)OC(C)C)C2)sc1C. The summed E-state index contributed by atoms with van der Waals surface area (Å²) in [7, 11) is 1.87. The number of carbonyl (C=O) groups is 2. The fourth-order valence-electron chi connectivity index (χ4n) is 2.46. The van der Waals surface area contributed by atoms with E-state index in [4.69, 9.17) is 4.74 Å². The van der Waals surface area contributed by atoms with Gasteiger partial charge in [-0.25, -0.2) is 14.6 Å². The average Bonchev–Trinajstić information content (AvgIpc) is 3.00. The van der Waals surface area contributed by atoms with Crippen molar-refractivity contribution in [3.8, 4) is 0 Å². The number of aliphatic hydroxyl groups is 1. The van der Waals surface area contributed by atoms with Crippen LogP contribution in [0, 0.1) is 13.8 Å². The van der Waals surface area contributed by atoms with Crippen LogP contribution < -0.4 is 0 Å². The number of hydrogen-bond donors (Lipinski definition) is 1. The molecule has 1 aliphatic rings. The summed E-state index contributed by atoms with van der Waals surface area (Å²) < 4.78 is 9.84. The highest BCUT2D eigenvalue weighted by atomic mass is 32.1. The molecule has 128 valence electrons. The molecule has 2 unspecified atom stereocenters. The van der Waals surface area contributed by atoms with Crippen molar-refractivity contribution in [3.63, 3.8) is 0 Å². The van der Waals surface area contributed by atoms with Crippen LogP contribution in [0.5, 0.6) is 0 Å². The summed E-state index contributed by atoms with van der Waals surface area (Å²) >= 11 is 1.36. The minimum Gasteiger partial charge on any atom is -0.450 e. The topological polar surface area (TPSA) is 89.0 Å². The van der Waals surface area contributed by atoms with Gasteiger partial charge in [-0.1, -0.05) is 0 Å². The van der Waals surface area contributed by atoms with Gasteiger partial charge in [0.2, 0.25) is 0 Å². The molecule has 0 radical (unpaired) electrons. The van der Waals surface area contributed by atoms with E-state index in [0.29, 0.717) is 5.01 Å². The molecule has 1 aromatic heterocycles. The van der Waals surface area contributed by atoms with Gasteiger partial charge in [0, 0.05) is 11.3 Å². The Morgan fingerprint density at radius 2 is 2.13 bits per heavy atom. The lowest BCUT2D eigenvalue weighted by atomic mass is 10.0. The Bertz CT molecular complexity index is 601. The van der Waals surface area contributed by atoms with Crippen molar-refractivity contribution in [1.82, 2.24) is 9.88 Å². The highest BCUT2D eigenvalue weighted by Gasteiger charge is 2.51. The number of aromatic nitrogens is 1. The number of β-amino-alcohol motifs (C(OH)–C–C–N with tert-alkyl or cyclic N) is 1. The molecule has 1 aromatic rings. The van der Waals surface area contributed by atoms with Gasteiger partial charge in [0.05, 0.1) is 27.8 Å². The molecule has 1 fully saturated rings. The van der Waals surface area contributed by atoms with E-state index < -0.39 is 23.7 Å². The van der Waals surface area contributed by atoms with Gasteiger partial charge in [0.15, 0.2) is 0 Å². The smallest absolute Gasteiger partial charge is 0.410 e. The molecular formula is C14H21N2O5PS. The Balaban J connectivity index is 2.31. The second-order valence-electron chi connectivity index (χ2n) is 5.91. The van der Waals surface area contributed by atoms with Crippen LogP contribution >= 0.6 is 20.8 Å². The van der Waals surface area contributed by atoms with E-state index in [9.17, 15) is 14.7 Å². The molecule has 1 saturated heterocycles. The van der Waals surface area contributed by atoms with Crippen LogP contribution in [-0.4, -0.2) is 45.7 Å². The quantitative estimate of drug-likeness (QED) is 0.828. The van der Waals surface area contributed by atoms with Crippen molar-refractivity contribution in [2.24, 2.45) is 0 Å². The monoisotopic (exact) mass is 360 g/mol. The minimum atomic E-state index is -1.39. The molecule has 0 bridgehead atoms. The maximum Gasteiger partial charge on any atom is 0.410 e. The van der Waals surface area contributed by atoms with Gasteiger partial charge in [0.25, 0.3) is 0 Å². The Hall–Kier alpha value is -1.24. The van der Waals surface area contributed by atoms with Gasteiger partial charge in [0.1, 0.15) is 16.7 Å². The van der Waals surface area contributed by atoms with E-state index in [2.05, 4.69) is 9.51 Å². The molecule has 2 rings (SSSR count). The van der Waals surface area contributed by atoms with Crippen LogP contribution in [0.25, 0.3) is 0 Å². The van der Waals surface area contributed by atoms with Gasteiger partial charge < -0.3 is 14.4 Å². The second-order valence-corrected chi connectivity index (χ2v) is 7.35. The van der Waals surface area contributed by atoms with E-state index >= 15 is 0 Å². The average molecular weight is 360 g/mol. The van der Waals surface area contributed by atoms with Gasteiger partial charge in [-0.2, -0.15) is 0 Å². The van der Waals surface area contributed by atoms with Gasteiger partial charge in [-0.3, -0.25) is 4.90 Å². The normalized spacial score (nSPS) is 24.1. The lowest BCUT2D eigenvalue weighted by Crippen LogP contribution is -2.42. The summed E-state index contributed by atoms with van der Waals surface area (Å²) in [5, 5.41) is 11.4. The third-order valence-electron chi connectivity index (χ3n) is 3.73. The maximum absolute atomic E-state index is 12.2. The number of carbonyl (C=O) groups excluding carboxylic acids is 2. The molecule has 23 heavy (non-hydrogen) atoms. The van der Waals surface area contributed by atoms with Crippen LogP contribution in [0.3, 0.4) is 0 Å². The number of thiazole rings is 1. The molecule has 1 N–H and O–H groups in total. The van der Waals surface area contributed by atoms with E-state index in [0.717, 1.165) is 10.6 Å². The Labute approximate surface area is 141 Å². The Morgan fingerprint density at radius 1 is 1.48 bits per heavy atom. The number of amides is 1. The maximum atomic E-state index is 12.2. The lowest BCUT2D eigenvalue weighted by Gasteiger charge is -2.23. The molecule has 1 amide bonds. The van der Waals surface area contributed by atoms with Crippen molar-refractivity contribution in [2.45, 2.75) is 51.9 Å². The first-order valence-corrected chi connectivity index (χ1v) is 8.51. The molecule has 0 spiro atoms. The van der Waals surface area contributed by atoms with Crippen LogP contribution in [0.2, 0.25) is 0 Å². The summed E-state index contributed by atoms with van der Waals surface area (Å²) in [5.74, 6) is -0.614. The van der Waals surface area contributed by atoms with Gasteiger partial charge >= 0.3 is 12.1 Å². The van der Waals surface area contributed by atoms with Crippen LogP contribution in [0.1, 0.15) is 35.8 Å². The summed E-state index contributed by atoms with van der Waals surface area (Å²) in [5.41, 5.74) is -0.560. The van der Waals surface area contributed by atoms with Crippen LogP contribution in [0.4, 0.5) is 4.79 Å². The first-order valence-electron chi connectivity index (χ1n) is 7.22. The van der Waals surface area contributed by atoms with Crippen LogP contribution in [-0.2, 0) is 19.7 Å². The zero-order valence-corrected chi connectivity index (χ0v) is 15.5. The summed E-state index contributed by atoms with van der Waals surface area (Å²) in [6.45, 7) is 7.14. The van der Waals surface area contributed by atoms with Crippen LogP contribution in [0.15, 0.2) is 0 Å². The number of ether oxygens (including phenoxy) is 1. The first-order chi connectivity index (χ1) is 10.7. The molecule has 0 saturated carbocycles. The fraction of sp³-hybridized carbons (Fsp3) is 0.643. The van der Waals surface area contributed by atoms with Crippen molar-refractivity contribution in [1.29, 1.82) is 0 Å². The Kier molecular flexibility index (Phi) is 5.28. The molecule has 3 atom stereocenters. The van der Waals surface area contributed by atoms with E-state index in [1.807, 2.05) is 23.3 Å². The highest BCUT2D eigenvalue weighted by molar-refractivity contribution is 7.11. The predicted molar refractivity (Wildman–Crippen MR) is 88.0 cm³/mol. The number of rotatable bonds is 3. The highest BCUT2D eigenvalue weighted by Crippen LogP contribution is 2.39. The van der Waals surface area contributed by atoms with Crippen molar-refractivity contribution in [2.75, 3.05) is 6.54 Å². The summed E-state index contributed by atoms with van der Waals surface area (Å²) in [6.07, 6.45) is -0.950. The summed E-state index contributed by atoms with van der Waals surface area (Å²) in [4.78, 5) is 30.8. The van der Waals surface area contributed by atoms with E-state index in [-0.39, 0.29) is 19.1 Å². The van der Waals surface area contributed by atoms with Gasteiger partial charge in [-0.05, 0) is 27.7 Å². The van der Waals surface area contributed by atoms with E-state index in [1.54, 1.807) is 13.8 Å². The molecule has 0 aliphatic carbocycles. The number of likely N-dealkylation sites (tertiary alicyclic amines) is 1.